The molecule has 0 N–H and O–H groups in total. The van der Waals surface area contributed by atoms with E-state index in [2.05, 4.69) is 65.7 Å². The number of hydrogen-bond acceptors (Lipinski definition) is 0. The minimum absolute atomic E-state index is 1.17. The standard InChI is InChI=1S/C39H69N2/c1-3-5-7-9-11-13-15-17-18-19-21-23-25-30-34-39-40(36-37-41(39)38-32-28-27-29-33-38)35-31-26-24-22-20-16-14-12-10-8-6-4-2/h27-29,32-33,36-37H,3-26,30-31,34-35H2,1-2H3/q+1. The fourth-order valence-electron chi connectivity index (χ4n) is 6.35. The van der Waals surface area contributed by atoms with E-state index in [0.29, 0.717) is 0 Å². The molecule has 41 heavy (non-hydrogen) atoms. The zero-order valence-electron chi connectivity index (χ0n) is 27.7. The fraction of sp³-hybridized carbons (Fsp3) is 0.769. The molecule has 1 aromatic heterocycles. The molecule has 0 fully saturated rings. The molecule has 2 aromatic rings. The second-order valence-corrected chi connectivity index (χ2v) is 12.8. The Balaban J connectivity index is 1.59. The first-order valence-corrected chi connectivity index (χ1v) is 18.5. The molecule has 0 unspecified atom stereocenters. The Bertz CT molecular complexity index is 808. The summed E-state index contributed by atoms with van der Waals surface area (Å²) in [6.45, 7) is 5.78. The number of rotatable bonds is 29. The van der Waals surface area contributed by atoms with Crippen molar-refractivity contribution in [3.05, 3.63) is 48.5 Å². The molecular formula is C39H69N2+. The largest absolute Gasteiger partial charge is 0.261 e. The zero-order valence-corrected chi connectivity index (χ0v) is 27.7. The van der Waals surface area contributed by atoms with Crippen LogP contribution in [0.3, 0.4) is 0 Å². The van der Waals surface area contributed by atoms with Crippen LogP contribution in [0, 0.1) is 0 Å². The van der Waals surface area contributed by atoms with Crippen molar-refractivity contribution in [1.82, 2.24) is 4.57 Å². The van der Waals surface area contributed by atoms with Gasteiger partial charge in [-0.3, -0.25) is 0 Å². The number of aryl methyl sites for hydroxylation is 1. The molecule has 2 heteroatoms. The SMILES string of the molecule is CCCCCCCCCCCCCCCCc1n(-c2ccccc2)cc[n+]1CCCCCCCCCCCCCC. The average molecular weight is 566 g/mol. The van der Waals surface area contributed by atoms with Gasteiger partial charge in [-0.05, 0) is 31.4 Å². The number of para-hydroxylation sites is 1. The number of benzene rings is 1. The maximum atomic E-state index is 2.56. The Morgan fingerprint density at radius 3 is 1.29 bits per heavy atom. The van der Waals surface area contributed by atoms with Gasteiger partial charge in [0.15, 0.2) is 0 Å². The van der Waals surface area contributed by atoms with Crippen LogP contribution in [0.25, 0.3) is 5.69 Å². The molecule has 234 valence electrons. The third-order valence-corrected chi connectivity index (χ3v) is 9.05. The molecule has 0 aliphatic carbocycles. The van der Waals surface area contributed by atoms with Crippen molar-refractivity contribution in [2.45, 2.75) is 194 Å². The minimum atomic E-state index is 1.17. The van der Waals surface area contributed by atoms with Gasteiger partial charge >= 0.3 is 0 Å². The molecule has 0 aliphatic heterocycles. The van der Waals surface area contributed by atoms with E-state index in [-0.39, 0.29) is 0 Å². The molecule has 2 nitrogen and oxygen atoms in total. The third kappa shape index (κ3) is 17.9. The van der Waals surface area contributed by atoms with Gasteiger partial charge in [0, 0.05) is 6.42 Å². The number of aromatic nitrogens is 2. The van der Waals surface area contributed by atoms with Crippen molar-refractivity contribution in [2.75, 3.05) is 0 Å². The summed E-state index contributed by atoms with van der Waals surface area (Å²) < 4.78 is 5.01. The van der Waals surface area contributed by atoms with Crippen molar-refractivity contribution in [3.8, 4) is 5.69 Å². The highest BCUT2D eigenvalue weighted by atomic mass is 15.1. The maximum Gasteiger partial charge on any atom is 0.261 e. The van der Waals surface area contributed by atoms with Gasteiger partial charge < -0.3 is 0 Å². The van der Waals surface area contributed by atoms with Gasteiger partial charge in [0.05, 0.1) is 6.54 Å². The number of hydrogen-bond donors (Lipinski definition) is 0. The van der Waals surface area contributed by atoms with Crippen LogP contribution >= 0.6 is 0 Å². The summed E-state index contributed by atoms with van der Waals surface area (Å²) in [6, 6.07) is 11.0. The molecule has 0 aliphatic rings. The van der Waals surface area contributed by atoms with Crippen LogP contribution in [0.2, 0.25) is 0 Å². The Hall–Kier alpha value is -1.57. The van der Waals surface area contributed by atoms with Gasteiger partial charge in [-0.25, -0.2) is 4.57 Å². The van der Waals surface area contributed by atoms with E-state index >= 15 is 0 Å². The lowest BCUT2D eigenvalue weighted by atomic mass is 10.0. The van der Waals surface area contributed by atoms with Crippen LogP contribution in [0.1, 0.15) is 187 Å². The summed E-state index contributed by atoms with van der Waals surface area (Å²) in [4.78, 5) is 0. The number of imidazole rings is 1. The van der Waals surface area contributed by atoms with Crippen LogP contribution in [-0.2, 0) is 13.0 Å². The Morgan fingerprint density at radius 2 is 0.854 bits per heavy atom. The summed E-state index contributed by atoms with van der Waals surface area (Å²) in [5.74, 6) is 1.50. The first-order valence-electron chi connectivity index (χ1n) is 18.5. The van der Waals surface area contributed by atoms with Gasteiger partial charge in [0.25, 0.3) is 5.82 Å². The summed E-state index contributed by atoms with van der Waals surface area (Å²) >= 11 is 0. The highest BCUT2D eigenvalue weighted by Crippen LogP contribution is 2.16. The lowest BCUT2D eigenvalue weighted by molar-refractivity contribution is -0.704. The van der Waals surface area contributed by atoms with E-state index in [0.717, 1.165) is 0 Å². The summed E-state index contributed by atoms with van der Waals surface area (Å²) in [6.07, 6.45) is 42.8. The summed E-state index contributed by atoms with van der Waals surface area (Å²) in [5, 5.41) is 0. The second kappa shape index (κ2) is 26.1. The van der Waals surface area contributed by atoms with Crippen LogP contribution < -0.4 is 4.57 Å². The van der Waals surface area contributed by atoms with E-state index in [1.807, 2.05) is 0 Å². The predicted molar refractivity (Wildman–Crippen MR) is 181 cm³/mol. The molecule has 0 amide bonds. The van der Waals surface area contributed by atoms with Crippen molar-refractivity contribution in [3.63, 3.8) is 0 Å². The fourth-order valence-corrected chi connectivity index (χ4v) is 6.35. The topological polar surface area (TPSA) is 8.81 Å². The Labute approximate surface area is 256 Å². The number of unbranched alkanes of at least 4 members (excludes halogenated alkanes) is 24. The van der Waals surface area contributed by atoms with Crippen molar-refractivity contribution in [2.24, 2.45) is 0 Å². The Kier molecular flexibility index (Phi) is 22.7. The smallest absolute Gasteiger partial charge is 0.234 e. The van der Waals surface area contributed by atoms with Gasteiger partial charge in [-0.2, -0.15) is 4.57 Å². The second-order valence-electron chi connectivity index (χ2n) is 12.8. The van der Waals surface area contributed by atoms with Crippen LogP contribution in [0.4, 0.5) is 0 Å². The molecule has 0 atom stereocenters. The zero-order chi connectivity index (χ0) is 29.1. The van der Waals surface area contributed by atoms with E-state index in [9.17, 15) is 0 Å². The highest BCUT2D eigenvalue weighted by molar-refractivity contribution is 5.31. The van der Waals surface area contributed by atoms with Crippen molar-refractivity contribution in [1.29, 1.82) is 0 Å². The van der Waals surface area contributed by atoms with Crippen LogP contribution in [0.5, 0.6) is 0 Å². The average Bonchev–Trinajstić information content (AvgIpc) is 3.40. The van der Waals surface area contributed by atoms with E-state index in [1.54, 1.807) is 0 Å². The predicted octanol–water partition coefficient (Wildman–Crippen LogP) is 12.5. The van der Waals surface area contributed by atoms with E-state index in [4.69, 9.17) is 0 Å². The lowest BCUT2D eigenvalue weighted by Crippen LogP contribution is -2.37. The maximum absolute atomic E-state index is 2.56. The van der Waals surface area contributed by atoms with E-state index in [1.165, 1.54) is 191 Å². The summed E-state index contributed by atoms with van der Waals surface area (Å²) in [5.41, 5.74) is 1.31. The third-order valence-electron chi connectivity index (χ3n) is 9.05. The molecule has 0 saturated carbocycles. The molecule has 0 radical (unpaired) electrons. The lowest BCUT2D eigenvalue weighted by Gasteiger charge is -2.07. The molecule has 0 spiro atoms. The Morgan fingerprint density at radius 1 is 0.463 bits per heavy atom. The molecule has 1 heterocycles. The molecular weight excluding hydrogens is 496 g/mol. The van der Waals surface area contributed by atoms with Gasteiger partial charge in [-0.15, -0.1) is 0 Å². The van der Waals surface area contributed by atoms with E-state index < -0.39 is 0 Å². The quantitative estimate of drug-likeness (QED) is 0.0685. The van der Waals surface area contributed by atoms with Crippen LogP contribution in [0.15, 0.2) is 42.7 Å². The molecule has 2 rings (SSSR count). The molecule has 0 bridgehead atoms. The monoisotopic (exact) mass is 566 g/mol. The first-order chi connectivity index (χ1) is 20.4. The van der Waals surface area contributed by atoms with Crippen LogP contribution in [-0.4, -0.2) is 4.57 Å². The first kappa shape index (κ1) is 35.6. The number of nitrogens with zero attached hydrogens (tertiary/aromatic N) is 2. The van der Waals surface area contributed by atoms with Gasteiger partial charge in [0.2, 0.25) is 0 Å². The summed E-state index contributed by atoms with van der Waals surface area (Å²) in [7, 11) is 0. The molecule has 0 saturated heterocycles. The van der Waals surface area contributed by atoms with Crippen molar-refractivity contribution >= 4 is 0 Å². The highest BCUT2D eigenvalue weighted by Gasteiger charge is 2.18. The minimum Gasteiger partial charge on any atom is -0.234 e. The molecule has 1 aromatic carbocycles. The normalized spacial score (nSPS) is 11.5. The van der Waals surface area contributed by atoms with Crippen molar-refractivity contribution < 1.29 is 4.57 Å². The van der Waals surface area contributed by atoms with Gasteiger partial charge in [0.1, 0.15) is 18.1 Å². The van der Waals surface area contributed by atoms with Gasteiger partial charge in [-0.1, -0.05) is 180 Å².